The zero-order valence-corrected chi connectivity index (χ0v) is 9.34. The number of nitrogens with zero attached hydrogens (tertiary/aromatic N) is 1. The summed E-state index contributed by atoms with van der Waals surface area (Å²) in [7, 11) is 0. The van der Waals surface area contributed by atoms with Gasteiger partial charge in [-0.05, 0) is 13.3 Å². The average Bonchev–Trinajstić information content (AvgIpc) is 2.56. The highest BCUT2D eigenvalue weighted by Gasteiger charge is 2.19. The summed E-state index contributed by atoms with van der Waals surface area (Å²) in [4.78, 5) is 21.1. The smallest absolute Gasteiger partial charge is 0.320 e. The van der Waals surface area contributed by atoms with Crippen LogP contribution in [0.15, 0.2) is 4.52 Å². The first-order chi connectivity index (χ1) is 7.91. The molecule has 1 atom stereocenters. The van der Waals surface area contributed by atoms with Crippen molar-refractivity contribution in [3.05, 3.63) is 17.0 Å². The quantitative estimate of drug-likeness (QED) is 0.638. The Morgan fingerprint density at radius 2 is 2.12 bits per heavy atom. The van der Waals surface area contributed by atoms with Gasteiger partial charge in [-0.15, -0.1) is 0 Å². The fraction of sp³-hybridized carbons (Fsp3) is 0.500. The topological polar surface area (TPSA) is 127 Å². The summed E-state index contributed by atoms with van der Waals surface area (Å²) < 4.78 is 4.92. The van der Waals surface area contributed by atoms with Crippen molar-refractivity contribution < 1.29 is 24.3 Å². The van der Waals surface area contributed by atoms with Crippen LogP contribution in [0.2, 0.25) is 0 Å². The number of aryl methyl sites for hydroxylation is 1. The molecule has 0 aliphatic rings. The molecule has 0 aromatic carbocycles. The lowest BCUT2D eigenvalue weighted by Crippen LogP contribution is -2.32. The van der Waals surface area contributed by atoms with Crippen molar-refractivity contribution in [2.45, 2.75) is 32.2 Å². The van der Waals surface area contributed by atoms with Gasteiger partial charge in [0.2, 0.25) is 0 Å². The number of hydrogen-bond acceptors (Lipinski definition) is 5. The van der Waals surface area contributed by atoms with Crippen LogP contribution >= 0.6 is 0 Å². The highest BCUT2D eigenvalue weighted by atomic mass is 16.5. The van der Waals surface area contributed by atoms with Crippen LogP contribution in [0, 0.1) is 6.92 Å². The van der Waals surface area contributed by atoms with E-state index in [-0.39, 0.29) is 19.3 Å². The first-order valence-corrected chi connectivity index (χ1v) is 5.06. The lowest BCUT2D eigenvalue weighted by Gasteiger charge is -2.05. The van der Waals surface area contributed by atoms with Gasteiger partial charge in [-0.2, -0.15) is 0 Å². The van der Waals surface area contributed by atoms with Gasteiger partial charge in [0.1, 0.15) is 11.8 Å². The van der Waals surface area contributed by atoms with Crippen LogP contribution in [0.5, 0.6) is 0 Å². The molecule has 7 nitrogen and oxygen atoms in total. The van der Waals surface area contributed by atoms with E-state index in [0.717, 1.165) is 0 Å². The Hall–Kier alpha value is -1.89. The van der Waals surface area contributed by atoms with Gasteiger partial charge in [0.15, 0.2) is 0 Å². The molecule has 1 aromatic heterocycles. The highest BCUT2D eigenvalue weighted by molar-refractivity contribution is 5.73. The molecule has 0 aliphatic carbocycles. The van der Waals surface area contributed by atoms with E-state index in [2.05, 4.69) is 5.16 Å². The summed E-state index contributed by atoms with van der Waals surface area (Å²) in [6.45, 7) is 1.65. The molecule has 0 spiro atoms. The predicted octanol–water partition coefficient (Wildman–Crippen LogP) is -0.0454. The fourth-order valence-electron chi connectivity index (χ4n) is 1.45. The van der Waals surface area contributed by atoms with Crippen LogP contribution in [0.1, 0.15) is 23.4 Å². The van der Waals surface area contributed by atoms with Crippen molar-refractivity contribution in [3.63, 3.8) is 0 Å². The van der Waals surface area contributed by atoms with E-state index in [9.17, 15) is 9.59 Å². The Morgan fingerprint density at radius 1 is 1.47 bits per heavy atom. The van der Waals surface area contributed by atoms with Crippen molar-refractivity contribution in [1.29, 1.82) is 0 Å². The van der Waals surface area contributed by atoms with E-state index in [4.69, 9.17) is 20.5 Å². The van der Waals surface area contributed by atoms with Gasteiger partial charge in [-0.3, -0.25) is 9.59 Å². The SMILES string of the molecule is Cc1onc(CC(N)C(=O)O)c1CCC(=O)O. The molecule has 1 aromatic rings. The number of rotatable bonds is 6. The molecule has 7 heteroatoms. The summed E-state index contributed by atoms with van der Waals surface area (Å²) in [5.74, 6) is -1.56. The first-order valence-electron chi connectivity index (χ1n) is 5.06. The number of carboxylic acid groups (broad SMARTS) is 2. The minimum absolute atomic E-state index is 0.0294. The lowest BCUT2D eigenvalue weighted by atomic mass is 10.0. The Bertz CT molecular complexity index is 426. The molecule has 0 fully saturated rings. The number of hydrogen-bond donors (Lipinski definition) is 3. The number of aromatic nitrogens is 1. The van der Waals surface area contributed by atoms with E-state index in [1.165, 1.54) is 0 Å². The number of carbonyl (C=O) groups is 2. The van der Waals surface area contributed by atoms with E-state index in [1.54, 1.807) is 6.92 Å². The fourth-order valence-corrected chi connectivity index (χ4v) is 1.45. The maximum atomic E-state index is 10.6. The second-order valence-electron chi connectivity index (χ2n) is 3.71. The maximum Gasteiger partial charge on any atom is 0.320 e. The van der Waals surface area contributed by atoms with E-state index in [1.807, 2.05) is 0 Å². The zero-order valence-electron chi connectivity index (χ0n) is 9.34. The van der Waals surface area contributed by atoms with E-state index in [0.29, 0.717) is 17.0 Å². The Labute approximate surface area is 97.2 Å². The van der Waals surface area contributed by atoms with Crippen LogP contribution in [0.4, 0.5) is 0 Å². The van der Waals surface area contributed by atoms with Crippen LogP contribution < -0.4 is 5.73 Å². The van der Waals surface area contributed by atoms with Gasteiger partial charge in [0.05, 0.1) is 5.69 Å². The zero-order chi connectivity index (χ0) is 13.0. The molecular formula is C10H14N2O5. The van der Waals surface area contributed by atoms with Crippen LogP contribution in [-0.2, 0) is 22.4 Å². The first kappa shape index (κ1) is 13.2. The summed E-state index contributed by atoms with van der Waals surface area (Å²) in [5, 5.41) is 21.0. The monoisotopic (exact) mass is 242 g/mol. The van der Waals surface area contributed by atoms with Crippen LogP contribution in [0.25, 0.3) is 0 Å². The second kappa shape index (κ2) is 5.44. The molecule has 1 unspecified atom stereocenters. The summed E-state index contributed by atoms with van der Waals surface area (Å²) in [6, 6.07) is -1.07. The largest absolute Gasteiger partial charge is 0.481 e. The average molecular weight is 242 g/mol. The van der Waals surface area contributed by atoms with Gasteiger partial charge < -0.3 is 20.5 Å². The molecule has 0 amide bonds. The Morgan fingerprint density at radius 3 is 2.65 bits per heavy atom. The molecule has 0 bridgehead atoms. The number of carboxylic acids is 2. The third-order valence-electron chi connectivity index (χ3n) is 2.39. The van der Waals surface area contributed by atoms with Crippen LogP contribution in [-0.4, -0.2) is 33.4 Å². The van der Waals surface area contributed by atoms with Gasteiger partial charge in [-0.25, -0.2) is 0 Å². The third-order valence-corrected chi connectivity index (χ3v) is 2.39. The van der Waals surface area contributed by atoms with Crippen molar-refractivity contribution in [2.24, 2.45) is 5.73 Å². The molecule has 17 heavy (non-hydrogen) atoms. The number of nitrogens with two attached hydrogens (primary N) is 1. The minimum atomic E-state index is -1.13. The molecule has 0 radical (unpaired) electrons. The number of aliphatic carboxylic acids is 2. The maximum absolute atomic E-state index is 10.6. The van der Waals surface area contributed by atoms with Gasteiger partial charge in [0, 0.05) is 18.4 Å². The van der Waals surface area contributed by atoms with Crippen molar-refractivity contribution in [1.82, 2.24) is 5.16 Å². The molecule has 1 rings (SSSR count). The highest BCUT2D eigenvalue weighted by Crippen LogP contribution is 2.16. The summed E-state index contributed by atoms with van der Waals surface area (Å²) >= 11 is 0. The summed E-state index contributed by atoms with van der Waals surface area (Å²) in [6.07, 6.45) is 0.228. The second-order valence-corrected chi connectivity index (χ2v) is 3.71. The predicted molar refractivity (Wildman–Crippen MR) is 56.5 cm³/mol. The van der Waals surface area contributed by atoms with E-state index < -0.39 is 18.0 Å². The molecule has 1 heterocycles. The Balaban J connectivity index is 2.78. The molecule has 0 aliphatic heterocycles. The van der Waals surface area contributed by atoms with Gasteiger partial charge in [0.25, 0.3) is 0 Å². The van der Waals surface area contributed by atoms with Crippen molar-refractivity contribution in [3.8, 4) is 0 Å². The lowest BCUT2D eigenvalue weighted by molar-refractivity contribution is -0.139. The normalized spacial score (nSPS) is 12.4. The molecule has 94 valence electrons. The minimum Gasteiger partial charge on any atom is -0.481 e. The summed E-state index contributed by atoms with van der Waals surface area (Å²) in [5.41, 5.74) is 6.43. The van der Waals surface area contributed by atoms with Gasteiger partial charge >= 0.3 is 11.9 Å². The van der Waals surface area contributed by atoms with E-state index >= 15 is 0 Å². The van der Waals surface area contributed by atoms with Gasteiger partial charge in [-0.1, -0.05) is 5.16 Å². The molecule has 4 N–H and O–H groups in total. The third kappa shape index (κ3) is 3.56. The molecule has 0 saturated heterocycles. The van der Waals surface area contributed by atoms with Crippen LogP contribution in [0.3, 0.4) is 0 Å². The van der Waals surface area contributed by atoms with Crippen molar-refractivity contribution >= 4 is 11.9 Å². The molecular weight excluding hydrogens is 228 g/mol. The molecule has 0 saturated carbocycles. The Kier molecular flexibility index (Phi) is 4.22. The van der Waals surface area contributed by atoms with Crippen molar-refractivity contribution in [2.75, 3.05) is 0 Å². The standard InChI is InChI=1S/C10H14N2O5/c1-5-6(2-3-9(13)14)8(12-17-5)4-7(11)10(15)16/h7H,2-4,11H2,1H3,(H,13,14)(H,15,16).